The van der Waals surface area contributed by atoms with Gasteiger partial charge in [-0.25, -0.2) is 0 Å². The number of nitro benzene ring substituents is 1. The van der Waals surface area contributed by atoms with Crippen LogP contribution in [0.15, 0.2) is 60.7 Å². The number of para-hydroxylation sites is 1. The molecule has 35 heavy (non-hydrogen) atoms. The molecule has 182 valence electrons. The van der Waals surface area contributed by atoms with Crippen molar-refractivity contribution in [3.8, 4) is 0 Å². The Morgan fingerprint density at radius 3 is 2.49 bits per heavy atom. The molecule has 2 aromatic rings. The van der Waals surface area contributed by atoms with Gasteiger partial charge in [-0.3, -0.25) is 24.5 Å². The summed E-state index contributed by atoms with van der Waals surface area (Å²) in [6.45, 7) is 3.06. The van der Waals surface area contributed by atoms with Crippen molar-refractivity contribution in [3.63, 3.8) is 0 Å². The molecule has 4 rings (SSSR count). The van der Waals surface area contributed by atoms with Crippen LogP contribution >= 0.6 is 0 Å². The van der Waals surface area contributed by atoms with E-state index in [2.05, 4.69) is 10.2 Å². The first kappa shape index (κ1) is 23.9. The molecule has 0 bridgehead atoms. The zero-order valence-corrected chi connectivity index (χ0v) is 19.2. The minimum absolute atomic E-state index is 0.0761. The Balaban J connectivity index is 1.38. The molecule has 0 spiro atoms. The molecule has 1 atom stereocenters. The van der Waals surface area contributed by atoms with Crippen LogP contribution in [-0.2, 0) is 14.4 Å². The molecule has 2 fully saturated rings. The highest BCUT2D eigenvalue weighted by Gasteiger charge is 2.35. The van der Waals surface area contributed by atoms with Gasteiger partial charge in [-0.2, -0.15) is 0 Å². The summed E-state index contributed by atoms with van der Waals surface area (Å²) in [6, 6.07) is 15.0. The number of nitrogens with zero attached hydrogens (tertiary/aromatic N) is 4. The first-order valence-corrected chi connectivity index (χ1v) is 11.5. The van der Waals surface area contributed by atoms with Gasteiger partial charge in [-0.05, 0) is 23.8 Å². The number of amides is 3. The summed E-state index contributed by atoms with van der Waals surface area (Å²) < 4.78 is 0. The van der Waals surface area contributed by atoms with E-state index in [0.717, 1.165) is 5.69 Å². The van der Waals surface area contributed by atoms with Crippen LogP contribution in [0, 0.1) is 10.1 Å². The normalized spacial score (nSPS) is 18.5. The number of hydrogen-bond donors (Lipinski definition) is 1. The van der Waals surface area contributed by atoms with Crippen LogP contribution in [0.1, 0.15) is 12.0 Å². The lowest BCUT2D eigenvalue weighted by atomic mass is 10.1. The lowest BCUT2D eigenvalue weighted by Gasteiger charge is -2.38. The molecule has 2 saturated heterocycles. The summed E-state index contributed by atoms with van der Waals surface area (Å²) in [7, 11) is 0. The Kier molecular flexibility index (Phi) is 7.39. The predicted octanol–water partition coefficient (Wildman–Crippen LogP) is 1.67. The summed E-state index contributed by atoms with van der Waals surface area (Å²) in [4.78, 5) is 54.3. The van der Waals surface area contributed by atoms with E-state index >= 15 is 0 Å². The second-order valence-electron chi connectivity index (χ2n) is 8.43. The zero-order valence-electron chi connectivity index (χ0n) is 19.2. The molecule has 2 heterocycles. The average molecular weight is 478 g/mol. The van der Waals surface area contributed by atoms with Crippen LogP contribution < -0.4 is 10.2 Å². The van der Waals surface area contributed by atoms with Crippen LogP contribution in [0.5, 0.6) is 0 Å². The van der Waals surface area contributed by atoms with Crippen LogP contribution in [0.3, 0.4) is 0 Å². The number of nitrogens with one attached hydrogen (secondary N) is 1. The lowest BCUT2D eigenvalue weighted by Crippen LogP contribution is -2.59. The van der Waals surface area contributed by atoms with E-state index in [1.54, 1.807) is 11.0 Å². The third-order valence-corrected chi connectivity index (χ3v) is 6.23. The fraction of sp³-hybridized carbons (Fsp3) is 0.320. The largest absolute Gasteiger partial charge is 0.368 e. The average Bonchev–Trinajstić information content (AvgIpc) is 2.89. The van der Waals surface area contributed by atoms with Crippen molar-refractivity contribution in [2.24, 2.45) is 0 Å². The smallest absolute Gasteiger partial charge is 0.270 e. The minimum atomic E-state index is -0.898. The van der Waals surface area contributed by atoms with E-state index in [9.17, 15) is 24.5 Å². The summed E-state index contributed by atoms with van der Waals surface area (Å²) in [6.07, 6.45) is 2.67. The molecule has 0 radical (unpaired) electrons. The molecular weight excluding hydrogens is 450 g/mol. The van der Waals surface area contributed by atoms with Crippen molar-refractivity contribution < 1.29 is 19.3 Å². The third kappa shape index (κ3) is 5.84. The van der Waals surface area contributed by atoms with Gasteiger partial charge in [-0.15, -0.1) is 0 Å². The molecule has 0 aromatic heterocycles. The summed E-state index contributed by atoms with van der Waals surface area (Å²) in [5.74, 6) is -0.942. The molecule has 0 aliphatic carbocycles. The number of carbonyl (C=O) groups is 3. The maximum atomic E-state index is 13.0. The Bertz CT molecular complexity index is 1130. The number of nitro groups is 1. The Labute approximate surface area is 202 Å². The standard InChI is InChI=1S/C25H27N5O5/c31-23(10-9-19-5-4-8-21(17-19)30(34)35)29-12-11-26-25(33)22(29)18-24(32)28-15-13-27(14-16-28)20-6-2-1-3-7-20/h1-10,17,22H,11-16,18H2,(H,26,33)/b10-9+/t22-/m1/s1. The van der Waals surface area contributed by atoms with Gasteiger partial charge in [0.15, 0.2) is 0 Å². The maximum Gasteiger partial charge on any atom is 0.270 e. The summed E-state index contributed by atoms with van der Waals surface area (Å²) >= 11 is 0. The molecule has 0 unspecified atom stereocenters. The highest BCUT2D eigenvalue weighted by molar-refractivity contribution is 5.98. The SMILES string of the molecule is O=C1NCCN(C(=O)/C=C/c2cccc([N+](=O)[O-])c2)[C@@H]1CC(=O)N1CCN(c2ccccc2)CC1. The maximum absolute atomic E-state index is 13.0. The minimum Gasteiger partial charge on any atom is -0.368 e. The van der Waals surface area contributed by atoms with Gasteiger partial charge in [0, 0.05) is 63.2 Å². The molecule has 0 saturated carbocycles. The van der Waals surface area contributed by atoms with Crippen LogP contribution in [0.2, 0.25) is 0 Å². The highest BCUT2D eigenvalue weighted by atomic mass is 16.6. The number of non-ortho nitro benzene ring substituents is 1. The third-order valence-electron chi connectivity index (χ3n) is 6.23. The quantitative estimate of drug-likeness (QED) is 0.384. The number of anilines is 1. The number of benzene rings is 2. The van der Waals surface area contributed by atoms with Crippen molar-refractivity contribution in [2.75, 3.05) is 44.2 Å². The number of hydrogen-bond acceptors (Lipinski definition) is 6. The van der Waals surface area contributed by atoms with Crippen molar-refractivity contribution >= 4 is 35.2 Å². The molecule has 2 aliphatic rings. The number of carbonyl (C=O) groups excluding carboxylic acids is 3. The second-order valence-corrected chi connectivity index (χ2v) is 8.43. The van der Waals surface area contributed by atoms with Crippen LogP contribution in [0.4, 0.5) is 11.4 Å². The Morgan fingerprint density at radius 2 is 1.77 bits per heavy atom. The highest BCUT2D eigenvalue weighted by Crippen LogP contribution is 2.18. The Morgan fingerprint density at radius 1 is 1.03 bits per heavy atom. The van der Waals surface area contributed by atoms with Crippen molar-refractivity contribution in [1.29, 1.82) is 0 Å². The van der Waals surface area contributed by atoms with Gasteiger partial charge in [0.1, 0.15) is 6.04 Å². The molecule has 1 N–H and O–H groups in total. The van der Waals surface area contributed by atoms with Gasteiger partial charge in [0.25, 0.3) is 5.69 Å². The van der Waals surface area contributed by atoms with Crippen molar-refractivity contribution in [2.45, 2.75) is 12.5 Å². The van der Waals surface area contributed by atoms with Crippen molar-refractivity contribution in [3.05, 3.63) is 76.4 Å². The van der Waals surface area contributed by atoms with Crippen LogP contribution in [0.25, 0.3) is 6.08 Å². The van der Waals surface area contributed by atoms with Gasteiger partial charge in [-0.1, -0.05) is 30.3 Å². The van der Waals surface area contributed by atoms with Gasteiger partial charge in [0.2, 0.25) is 17.7 Å². The van der Waals surface area contributed by atoms with E-state index in [0.29, 0.717) is 38.3 Å². The molecule has 2 aromatic carbocycles. The first-order chi connectivity index (χ1) is 16.9. The zero-order chi connectivity index (χ0) is 24.8. The van der Waals surface area contributed by atoms with Gasteiger partial charge < -0.3 is 20.0 Å². The Hall–Kier alpha value is -4.21. The monoisotopic (exact) mass is 477 g/mol. The summed E-state index contributed by atoms with van der Waals surface area (Å²) in [5, 5.41) is 13.7. The molecule has 2 aliphatic heterocycles. The fourth-order valence-corrected chi connectivity index (χ4v) is 4.33. The second kappa shape index (κ2) is 10.8. The van der Waals surface area contributed by atoms with E-state index < -0.39 is 16.9 Å². The van der Waals surface area contributed by atoms with Crippen LogP contribution in [-0.4, -0.2) is 77.8 Å². The molecule has 10 nitrogen and oxygen atoms in total. The lowest BCUT2D eigenvalue weighted by molar-refractivity contribution is -0.384. The summed E-state index contributed by atoms with van der Waals surface area (Å²) in [5.41, 5.74) is 1.53. The van der Waals surface area contributed by atoms with Gasteiger partial charge in [0.05, 0.1) is 11.3 Å². The number of rotatable bonds is 6. The van der Waals surface area contributed by atoms with E-state index in [1.165, 1.54) is 35.3 Å². The molecule has 10 heteroatoms. The molecular formula is C25H27N5O5. The topological polar surface area (TPSA) is 116 Å². The van der Waals surface area contributed by atoms with Crippen molar-refractivity contribution in [1.82, 2.24) is 15.1 Å². The fourth-order valence-electron chi connectivity index (χ4n) is 4.33. The van der Waals surface area contributed by atoms with Gasteiger partial charge >= 0.3 is 0 Å². The predicted molar refractivity (Wildman–Crippen MR) is 130 cm³/mol. The van der Waals surface area contributed by atoms with E-state index in [-0.39, 0.29) is 30.5 Å². The molecule has 3 amide bonds. The van der Waals surface area contributed by atoms with E-state index in [4.69, 9.17) is 0 Å². The first-order valence-electron chi connectivity index (χ1n) is 11.5. The number of piperazine rings is 2. The van der Waals surface area contributed by atoms with E-state index in [1.807, 2.05) is 30.3 Å².